The number of aliphatic hydroxyl groups is 1. The van der Waals surface area contributed by atoms with Gasteiger partial charge in [0.05, 0.1) is 0 Å². The van der Waals surface area contributed by atoms with Gasteiger partial charge in [0.25, 0.3) is 0 Å². The first-order chi connectivity index (χ1) is 10.3. The first-order valence-corrected chi connectivity index (χ1v) is 8.37. The van der Waals surface area contributed by atoms with E-state index in [2.05, 4.69) is 5.32 Å². The number of rotatable bonds is 6. The number of nitrogens with one attached hydrogen (secondary N) is 1. The second-order valence-electron chi connectivity index (χ2n) is 6.76. The third-order valence-corrected chi connectivity index (χ3v) is 5.22. The fourth-order valence-electron chi connectivity index (χ4n) is 3.73. The van der Waals surface area contributed by atoms with Crippen molar-refractivity contribution in [3.8, 4) is 0 Å². The number of hydrogen-bond acceptors (Lipinski definition) is 2. The molecule has 2 fully saturated rings. The van der Waals surface area contributed by atoms with Gasteiger partial charge in [0.15, 0.2) is 0 Å². The van der Waals surface area contributed by atoms with Crippen LogP contribution in [0.2, 0.25) is 0 Å². The summed E-state index contributed by atoms with van der Waals surface area (Å²) < 4.78 is 13.1. The van der Waals surface area contributed by atoms with Crippen LogP contribution in [0.3, 0.4) is 0 Å². The molecule has 2 nitrogen and oxygen atoms in total. The fraction of sp³-hybridized carbons (Fsp3) is 0.667. The Kier molecular flexibility index (Phi) is 4.91. The predicted molar refractivity (Wildman–Crippen MR) is 82.4 cm³/mol. The molecule has 1 aromatic rings. The van der Waals surface area contributed by atoms with E-state index >= 15 is 0 Å². The Hall–Kier alpha value is -0.930. The second-order valence-corrected chi connectivity index (χ2v) is 6.76. The minimum absolute atomic E-state index is 0.166. The van der Waals surface area contributed by atoms with Gasteiger partial charge in [0.2, 0.25) is 0 Å². The van der Waals surface area contributed by atoms with Gasteiger partial charge < -0.3 is 10.4 Å². The average molecular weight is 291 g/mol. The molecule has 2 saturated carbocycles. The molecular formula is C18H26FNO. The lowest BCUT2D eigenvalue weighted by atomic mass is 9.79. The summed E-state index contributed by atoms with van der Waals surface area (Å²) in [6.45, 7) is 1.29. The molecule has 1 aromatic carbocycles. The molecule has 2 N–H and O–H groups in total. The fourth-order valence-corrected chi connectivity index (χ4v) is 3.73. The lowest BCUT2D eigenvalue weighted by Gasteiger charge is -2.32. The summed E-state index contributed by atoms with van der Waals surface area (Å²) in [5.74, 6) is 1.58. The first-order valence-electron chi connectivity index (χ1n) is 8.37. The molecule has 3 unspecified atom stereocenters. The number of aliphatic hydroxyl groups excluding tert-OH is 1. The third-order valence-electron chi connectivity index (χ3n) is 5.22. The third kappa shape index (κ3) is 3.83. The molecule has 0 amide bonds. The van der Waals surface area contributed by atoms with Crippen molar-refractivity contribution in [2.75, 3.05) is 13.2 Å². The van der Waals surface area contributed by atoms with Gasteiger partial charge in [-0.2, -0.15) is 0 Å². The molecule has 3 rings (SSSR count). The standard InChI is InChI=1S/C18H26FNO/c19-17-9-7-14(8-10-17)18(13-5-6-13)20-11-15-3-1-2-4-16(15)12-21/h7-10,13,15-16,18,20-21H,1-6,11-12H2. The van der Waals surface area contributed by atoms with Crippen molar-refractivity contribution >= 4 is 0 Å². The quantitative estimate of drug-likeness (QED) is 0.838. The van der Waals surface area contributed by atoms with E-state index in [1.165, 1.54) is 37.7 Å². The highest BCUT2D eigenvalue weighted by Gasteiger charge is 2.33. The summed E-state index contributed by atoms with van der Waals surface area (Å²) in [6, 6.07) is 7.30. The summed E-state index contributed by atoms with van der Waals surface area (Å²) in [5.41, 5.74) is 1.20. The van der Waals surface area contributed by atoms with E-state index in [0.717, 1.165) is 13.0 Å². The van der Waals surface area contributed by atoms with Crippen LogP contribution in [0.15, 0.2) is 24.3 Å². The van der Waals surface area contributed by atoms with E-state index in [4.69, 9.17) is 0 Å². The van der Waals surface area contributed by atoms with Gasteiger partial charge in [0, 0.05) is 12.6 Å². The van der Waals surface area contributed by atoms with E-state index in [-0.39, 0.29) is 5.82 Å². The van der Waals surface area contributed by atoms with Gasteiger partial charge in [-0.1, -0.05) is 25.0 Å². The lowest BCUT2D eigenvalue weighted by Crippen LogP contribution is -2.35. The van der Waals surface area contributed by atoms with Crippen LogP contribution in [0.1, 0.15) is 50.1 Å². The maximum Gasteiger partial charge on any atom is 0.123 e. The number of hydrogen-bond donors (Lipinski definition) is 2. The van der Waals surface area contributed by atoms with Crippen molar-refractivity contribution in [1.29, 1.82) is 0 Å². The molecule has 0 spiro atoms. The number of halogens is 1. The molecule has 0 aromatic heterocycles. The van der Waals surface area contributed by atoms with Gasteiger partial charge in [-0.3, -0.25) is 0 Å². The Balaban J connectivity index is 1.61. The Labute approximate surface area is 126 Å². The van der Waals surface area contributed by atoms with Gasteiger partial charge in [-0.25, -0.2) is 4.39 Å². The highest BCUT2D eigenvalue weighted by atomic mass is 19.1. The molecule has 2 aliphatic carbocycles. The van der Waals surface area contributed by atoms with Crippen LogP contribution in [-0.2, 0) is 0 Å². The molecule has 0 aliphatic heterocycles. The Bertz CT molecular complexity index is 443. The molecule has 0 radical (unpaired) electrons. The molecular weight excluding hydrogens is 265 g/mol. The average Bonchev–Trinajstić information content (AvgIpc) is 3.34. The van der Waals surface area contributed by atoms with Gasteiger partial charge in [-0.05, 0) is 67.7 Å². The highest BCUT2D eigenvalue weighted by Crippen LogP contribution is 2.41. The maximum absolute atomic E-state index is 13.1. The van der Waals surface area contributed by atoms with Crippen LogP contribution in [-0.4, -0.2) is 18.3 Å². The minimum Gasteiger partial charge on any atom is -0.396 e. The monoisotopic (exact) mass is 291 g/mol. The van der Waals surface area contributed by atoms with E-state index in [9.17, 15) is 9.50 Å². The van der Waals surface area contributed by atoms with Crippen molar-refractivity contribution in [2.45, 2.75) is 44.6 Å². The van der Waals surface area contributed by atoms with Crippen molar-refractivity contribution in [3.63, 3.8) is 0 Å². The molecule has 0 heterocycles. The Morgan fingerprint density at radius 1 is 1.05 bits per heavy atom. The largest absolute Gasteiger partial charge is 0.396 e. The van der Waals surface area contributed by atoms with Crippen molar-refractivity contribution in [2.24, 2.45) is 17.8 Å². The SMILES string of the molecule is OCC1CCCCC1CNC(c1ccc(F)cc1)C1CC1. The minimum atomic E-state index is -0.166. The Morgan fingerprint density at radius 3 is 2.33 bits per heavy atom. The lowest BCUT2D eigenvalue weighted by molar-refractivity contribution is 0.130. The van der Waals surface area contributed by atoms with Crippen molar-refractivity contribution in [1.82, 2.24) is 5.32 Å². The molecule has 0 bridgehead atoms. The predicted octanol–water partition coefficient (Wildman–Crippen LogP) is 3.67. The topological polar surface area (TPSA) is 32.3 Å². The zero-order chi connectivity index (χ0) is 14.7. The summed E-state index contributed by atoms with van der Waals surface area (Å²) in [4.78, 5) is 0. The van der Waals surface area contributed by atoms with Crippen molar-refractivity contribution < 1.29 is 9.50 Å². The van der Waals surface area contributed by atoms with Crippen LogP contribution >= 0.6 is 0 Å². The first kappa shape index (κ1) is 15.0. The zero-order valence-electron chi connectivity index (χ0n) is 12.6. The molecule has 116 valence electrons. The molecule has 3 atom stereocenters. The zero-order valence-corrected chi connectivity index (χ0v) is 12.6. The second kappa shape index (κ2) is 6.89. The molecule has 0 saturated heterocycles. The van der Waals surface area contributed by atoms with Crippen LogP contribution in [0.5, 0.6) is 0 Å². The summed E-state index contributed by atoms with van der Waals surface area (Å²) in [5, 5.41) is 13.2. The highest BCUT2D eigenvalue weighted by molar-refractivity contribution is 5.22. The van der Waals surface area contributed by atoms with Crippen LogP contribution in [0.4, 0.5) is 4.39 Å². The van der Waals surface area contributed by atoms with Crippen LogP contribution in [0.25, 0.3) is 0 Å². The van der Waals surface area contributed by atoms with Crippen LogP contribution in [0, 0.1) is 23.6 Å². The van der Waals surface area contributed by atoms with E-state index in [0.29, 0.717) is 30.4 Å². The molecule has 3 heteroatoms. The van der Waals surface area contributed by atoms with Gasteiger partial charge in [0.1, 0.15) is 5.82 Å². The van der Waals surface area contributed by atoms with Crippen molar-refractivity contribution in [3.05, 3.63) is 35.6 Å². The van der Waals surface area contributed by atoms with E-state index in [1.54, 1.807) is 12.1 Å². The smallest absolute Gasteiger partial charge is 0.123 e. The van der Waals surface area contributed by atoms with Gasteiger partial charge in [-0.15, -0.1) is 0 Å². The van der Waals surface area contributed by atoms with E-state index < -0.39 is 0 Å². The van der Waals surface area contributed by atoms with E-state index in [1.807, 2.05) is 12.1 Å². The van der Waals surface area contributed by atoms with Crippen LogP contribution < -0.4 is 5.32 Å². The molecule has 2 aliphatic rings. The summed E-state index contributed by atoms with van der Waals surface area (Å²) in [6.07, 6.45) is 7.46. The Morgan fingerprint density at radius 2 is 1.71 bits per heavy atom. The summed E-state index contributed by atoms with van der Waals surface area (Å²) >= 11 is 0. The van der Waals surface area contributed by atoms with Gasteiger partial charge >= 0.3 is 0 Å². The maximum atomic E-state index is 13.1. The normalized spacial score (nSPS) is 27.5. The molecule has 21 heavy (non-hydrogen) atoms. The number of benzene rings is 1. The summed E-state index contributed by atoms with van der Waals surface area (Å²) in [7, 11) is 0.